The molecule has 0 radical (unpaired) electrons. The molecule has 0 aliphatic carbocycles. The third-order valence-corrected chi connectivity index (χ3v) is 13.5. The first kappa shape index (κ1) is 68.0. The minimum absolute atomic E-state index is 0.0643. The van der Waals surface area contributed by atoms with Gasteiger partial charge in [0.05, 0.1) is 18.8 Å². The minimum Gasteiger partial charge on any atom is -0.394 e. The number of carbonyl (C=O) groups excluding carboxylic acids is 1. The van der Waals surface area contributed by atoms with Gasteiger partial charge in [-0.2, -0.15) is 0 Å². The highest BCUT2D eigenvalue weighted by atomic mass is 16.3. The van der Waals surface area contributed by atoms with Crippen molar-refractivity contribution in [3.63, 3.8) is 0 Å². The number of nitrogens with one attached hydrogen (secondary N) is 1. The molecular formula is C67H117NO3. The molecule has 2 unspecified atom stereocenters. The van der Waals surface area contributed by atoms with E-state index in [-0.39, 0.29) is 12.5 Å². The molecule has 0 aromatic carbocycles. The SMILES string of the molecule is CC/C=C\C/C=C\C/C=C\C/C=C\C/C=C\C/C=C\C/C=C\C/C=C\CCCCCCCCCCCCCCCCCCC(=O)NC(CO)C(O)/C=C/CCCCCCCCCCCCCCCCCC. The summed E-state index contributed by atoms with van der Waals surface area (Å²) in [6, 6.07) is -0.627. The summed E-state index contributed by atoms with van der Waals surface area (Å²) in [6.07, 6.45) is 92.6. The first-order valence-corrected chi connectivity index (χ1v) is 30.6. The van der Waals surface area contributed by atoms with Crippen molar-refractivity contribution in [2.45, 2.75) is 302 Å². The van der Waals surface area contributed by atoms with Gasteiger partial charge in [0, 0.05) is 6.42 Å². The van der Waals surface area contributed by atoms with Crippen LogP contribution in [-0.2, 0) is 4.79 Å². The Labute approximate surface area is 442 Å². The second-order valence-electron chi connectivity index (χ2n) is 20.4. The van der Waals surface area contributed by atoms with Crippen molar-refractivity contribution < 1.29 is 15.0 Å². The Morgan fingerprint density at radius 1 is 0.352 bits per heavy atom. The topological polar surface area (TPSA) is 69.6 Å². The number of rotatable bonds is 55. The minimum atomic E-state index is -0.844. The van der Waals surface area contributed by atoms with Crippen LogP contribution in [0.5, 0.6) is 0 Å². The van der Waals surface area contributed by atoms with Crippen LogP contribution in [0.2, 0.25) is 0 Å². The molecule has 0 aliphatic rings. The van der Waals surface area contributed by atoms with Crippen molar-refractivity contribution >= 4 is 5.91 Å². The van der Waals surface area contributed by atoms with Crippen LogP contribution in [0.1, 0.15) is 290 Å². The predicted molar refractivity (Wildman–Crippen MR) is 317 cm³/mol. The molecule has 0 saturated heterocycles. The van der Waals surface area contributed by atoms with E-state index in [0.29, 0.717) is 6.42 Å². The molecule has 2 atom stereocenters. The smallest absolute Gasteiger partial charge is 0.220 e. The monoisotopic (exact) mass is 984 g/mol. The van der Waals surface area contributed by atoms with Crippen molar-refractivity contribution in [3.05, 3.63) is 109 Å². The molecule has 1 amide bonds. The van der Waals surface area contributed by atoms with E-state index < -0.39 is 12.1 Å². The Hall–Kier alpha value is -2.95. The number of amides is 1. The lowest BCUT2D eigenvalue weighted by molar-refractivity contribution is -0.123. The summed E-state index contributed by atoms with van der Waals surface area (Å²) < 4.78 is 0. The third-order valence-electron chi connectivity index (χ3n) is 13.5. The van der Waals surface area contributed by atoms with Gasteiger partial charge in [-0.1, -0.05) is 309 Å². The lowest BCUT2D eigenvalue weighted by Gasteiger charge is -2.20. The fraction of sp³-hybridized carbons (Fsp3) is 0.716. The zero-order valence-electron chi connectivity index (χ0n) is 47.0. The zero-order valence-corrected chi connectivity index (χ0v) is 47.0. The van der Waals surface area contributed by atoms with Gasteiger partial charge in [-0.05, 0) is 83.5 Å². The van der Waals surface area contributed by atoms with Crippen molar-refractivity contribution in [1.82, 2.24) is 5.32 Å². The maximum absolute atomic E-state index is 12.5. The maximum Gasteiger partial charge on any atom is 0.220 e. The molecule has 0 bridgehead atoms. The van der Waals surface area contributed by atoms with E-state index in [4.69, 9.17) is 0 Å². The van der Waals surface area contributed by atoms with E-state index in [0.717, 1.165) is 77.0 Å². The fourth-order valence-electron chi connectivity index (χ4n) is 8.90. The van der Waals surface area contributed by atoms with Gasteiger partial charge in [-0.15, -0.1) is 0 Å². The van der Waals surface area contributed by atoms with E-state index in [1.54, 1.807) is 6.08 Å². The van der Waals surface area contributed by atoms with Gasteiger partial charge in [0.2, 0.25) is 5.91 Å². The molecule has 0 aromatic heterocycles. The first-order chi connectivity index (χ1) is 35.2. The van der Waals surface area contributed by atoms with Crippen molar-refractivity contribution in [2.75, 3.05) is 6.61 Å². The Balaban J connectivity index is 3.52. The van der Waals surface area contributed by atoms with Crippen LogP contribution in [0.3, 0.4) is 0 Å². The molecule has 4 heteroatoms. The van der Waals surface area contributed by atoms with Crippen LogP contribution < -0.4 is 5.32 Å². The van der Waals surface area contributed by atoms with Gasteiger partial charge < -0.3 is 15.5 Å². The van der Waals surface area contributed by atoms with Crippen molar-refractivity contribution in [2.24, 2.45) is 0 Å². The molecule has 3 N–H and O–H groups in total. The molecule has 408 valence electrons. The van der Waals surface area contributed by atoms with E-state index in [1.165, 1.54) is 193 Å². The summed E-state index contributed by atoms with van der Waals surface area (Å²) >= 11 is 0. The highest BCUT2D eigenvalue weighted by Crippen LogP contribution is 2.17. The Morgan fingerprint density at radius 3 is 0.930 bits per heavy atom. The molecule has 0 saturated carbocycles. The van der Waals surface area contributed by atoms with Gasteiger partial charge in [0.1, 0.15) is 0 Å². The van der Waals surface area contributed by atoms with Gasteiger partial charge in [-0.25, -0.2) is 0 Å². The van der Waals surface area contributed by atoms with Crippen LogP contribution in [0, 0.1) is 0 Å². The molecule has 4 nitrogen and oxygen atoms in total. The first-order valence-electron chi connectivity index (χ1n) is 30.6. The standard InChI is InChI=1S/C67H117NO3/c1-3-5-7-9-11-13-15-17-19-21-23-24-25-26-27-28-29-30-31-32-33-34-35-36-37-38-39-40-41-42-43-44-45-47-49-51-53-55-57-59-61-63-67(71)68-65(64-69)66(70)62-60-58-56-54-52-50-48-46-22-20-18-16-14-12-10-8-6-4-2/h5,7,11,13,17,19,23-24,26-27,29-30,32-33,35-36,60,62,65-66,69-70H,3-4,6,8-10,12,14-16,18,20-22,25,28,31,34,37-59,61,63-64H2,1-2H3,(H,68,71)/b7-5-,13-11-,19-17-,24-23-,27-26-,30-29-,33-32-,36-35-,62-60+. The summed E-state index contributed by atoms with van der Waals surface area (Å²) in [5.74, 6) is -0.0643. The Bertz CT molecular complexity index is 1350. The van der Waals surface area contributed by atoms with Gasteiger partial charge >= 0.3 is 0 Å². The summed E-state index contributed by atoms with van der Waals surface area (Å²) in [4.78, 5) is 12.5. The van der Waals surface area contributed by atoms with E-state index >= 15 is 0 Å². The van der Waals surface area contributed by atoms with Gasteiger partial charge in [-0.3, -0.25) is 4.79 Å². The lowest BCUT2D eigenvalue weighted by atomic mass is 10.0. The molecular weight excluding hydrogens is 867 g/mol. The molecule has 71 heavy (non-hydrogen) atoms. The summed E-state index contributed by atoms with van der Waals surface area (Å²) in [6.45, 7) is 4.21. The predicted octanol–water partition coefficient (Wildman–Crippen LogP) is 20.6. The Kier molecular flexibility index (Phi) is 58.8. The van der Waals surface area contributed by atoms with Crippen molar-refractivity contribution in [1.29, 1.82) is 0 Å². The summed E-state index contributed by atoms with van der Waals surface area (Å²) in [5, 5.41) is 23.2. The van der Waals surface area contributed by atoms with E-state index in [1.807, 2.05) is 6.08 Å². The normalized spacial score (nSPS) is 13.6. The summed E-state index contributed by atoms with van der Waals surface area (Å²) in [5.41, 5.74) is 0. The summed E-state index contributed by atoms with van der Waals surface area (Å²) in [7, 11) is 0. The van der Waals surface area contributed by atoms with Gasteiger partial charge in [0.15, 0.2) is 0 Å². The lowest BCUT2D eigenvalue weighted by Crippen LogP contribution is -2.45. The second-order valence-corrected chi connectivity index (χ2v) is 20.4. The average Bonchev–Trinajstić information content (AvgIpc) is 3.37. The molecule has 0 aromatic rings. The zero-order chi connectivity index (χ0) is 51.3. The fourth-order valence-corrected chi connectivity index (χ4v) is 8.90. The van der Waals surface area contributed by atoms with E-state index in [2.05, 4.69) is 116 Å². The van der Waals surface area contributed by atoms with Crippen LogP contribution in [-0.4, -0.2) is 34.9 Å². The number of carbonyl (C=O) groups is 1. The molecule has 0 aliphatic heterocycles. The highest BCUT2D eigenvalue weighted by molar-refractivity contribution is 5.76. The quantitative estimate of drug-likeness (QED) is 0.0420. The maximum atomic E-state index is 12.5. The number of allylic oxidation sites excluding steroid dienone is 17. The average molecular weight is 985 g/mol. The van der Waals surface area contributed by atoms with E-state index in [9.17, 15) is 15.0 Å². The highest BCUT2D eigenvalue weighted by Gasteiger charge is 2.18. The van der Waals surface area contributed by atoms with Gasteiger partial charge in [0.25, 0.3) is 0 Å². The molecule has 0 heterocycles. The van der Waals surface area contributed by atoms with Crippen LogP contribution in [0.15, 0.2) is 109 Å². The number of hydrogen-bond donors (Lipinski definition) is 3. The molecule has 0 fully saturated rings. The number of unbranched alkanes of at least 4 members (excludes halogenated alkanes) is 32. The number of aliphatic hydroxyl groups is 2. The van der Waals surface area contributed by atoms with Crippen LogP contribution in [0.4, 0.5) is 0 Å². The third kappa shape index (κ3) is 57.8. The number of hydrogen-bond acceptors (Lipinski definition) is 3. The second kappa shape index (κ2) is 61.4. The Morgan fingerprint density at radius 2 is 0.620 bits per heavy atom. The van der Waals surface area contributed by atoms with Crippen LogP contribution in [0.25, 0.3) is 0 Å². The largest absolute Gasteiger partial charge is 0.394 e. The van der Waals surface area contributed by atoms with Crippen LogP contribution >= 0.6 is 0 Å². The number of aliphatic hydroxyl groups excluding tert-OH is 2. The van der Waals surface area contributed by atoms with Crippen molar-refractivity contribution in [3.8, 4) is 0 Å². The molecule has 0 rings (SSSR count). The molecule has 0 spiro atoms.